The Labute approximate surface area is 176 Å². The highest BCUT2D eigenvalue weighted by molar-refractivity contribution is 7.99. The van der Waals surface area contributed by atoms with E-state index in [-0.39, 0.29) is 16.7 Å². The van der Waals surface area contributed by atoms with Gasteiger partial charge >= 0.3 is 12.4 Å². The molecule has 1 aromatic carbocycles. The van der Waals surface area contributed by atoms with Gasteiger partial charge in [-0.2, -0.15) is 26.3 Å². The van der Waals surface area contributed by atoms with Crippen molar-refractivity contribution in [1.29, 1.82) is 0 Å². The number of fused-ring (bicyclic) bond motifs is 2. The predicted molar refractivity (Wildman–Crippen MR) is 105 cm³/mol. The summed E-state index contributed by atoms with van der Waals surface area (Å²) in [5, 5.41) is 0. The van der Waals surface area contributed by atoms with Gasteiger partial charge in [0.25, 0.3) is 0 Å². The quantitative estimate of drug-likeness (QED) is 0.293. The lowest BCUT2D eigenvalue weighted by Crippen LogP contribution is -2.12. The van der Waals surface area contributed by atoms with Crippen LogP contribution in [-0.4, -0.2) is 29.8 Å². The molecule has 31 heavy (non-hydrogen) atoms. The van der Waals surface area contributed by atoms with Crippen LogP contribution in [0.4, 0.5) is 26.3 Å². The Bertz CT molecular complexity index is 1300. The summed E-state index contributed by atoms with van der Waals surface area (Å²) in [5.41, 5.74) is 0.219. The number of aryl methyl sites for hydroxylation is 2. The van der Waals surface area contributed by atoms with Crippen LogP contribution in [0.2, 0.25) is 0 Å². The molecule has 0 amide bonds. The first-order chi connectivity index (χ1) is 14.4. The van der Waals surface area contributed by atoms with Crippen molar-refractivity contribution in [1.82, 2.24) is 24.1 Å². The van der Waals surface area contributed by atoms with Gasteiger partial charge in [0, 0.05) is 30.8 Å². The van der Waals surface area contributed by atoms with Crippen LogP contribution in [0.1, 0.15) is 18.3 Å². The molecule has 3 heterocycles. The highest BCUT2D eigenvalue weighted by atomic mass is 32.2. The summed E-state index contributed by atoms with van der Waals surface area (Å²) < 4.78 is 81.5. The van der Waals surface area contributed by atoms with Gasteiger partial charge in [0.15, 0.2) is 5.65 Å². The maximum Gasteiger partial charge on any atom is 0.449 e. The van der Waals surface area contributed by atoms with Crippen LogP contribution < -0.4 is 0 Å². The zero-order valence-electron chi connectivity index (χ0n) is 16.4. The number of nitrogens with zero attached hydrogens (tertiary/aromatic N) is 5. The number of imidazole rings is 2. The lowest BCUT2D eigenvalue weighted by molar-refractivity contribution is -0.146. The summed E-state index contributed by atoms with van der Waals surface area (Å²) in [6, 6.07) is 3.98. The van der Waals surface area contributed by atoms with Gasteiger partial charge in [-0.05, 0) is 24.0 Å². The zero-order valence-corrected chi connectivity index (χ0v) is 17.2. The lowest BCUT2D eigenvalue weighted by Gasteiger charge is -2.10. The molecule has 0 atom stereocenters. The fourth-order valence-electron chi connectivity index (χ4n) is 3.39. The summed E-state index contributed by atoms with van der Waals surface area (Å²) in [6.45, 7) is 1.88. The number of rotatable bonds is 3. The maximum atomic E-state index is 13.3. The van der Waals surface area contributed by atoms with E-state index in [4.69, 9.17) is 0 Å². The van der Waals surface area contributed by atoms with E-state index in [1.165, 1.54) is 29.4 Å². The molecule has 3 aromatic heterocycles. The van der Waals surface area contributed by atoms with Gasteiger partial charge in [0.05, 0.1) is 16.6 Å². The van der Waals surface area contributed by atoms with Crippen LogP contribution in [0.5, 0.6) is 0 Å². The minimum absolute atomic E-state index is 0.0388. The molecule has 0 spiro atoms. The van der Waals surface area contributed by atoms with E-state index < -0.39 is 23.7 Å². The standard InChI is InChI=1S/C19H15F6N5S/c1-4-31-14-7-13-11(28-17(29(13)2)19(23,24)25)6-10(14)15-27-12-5-9(18(20,21)22)8-26-16(12)30(15)3/h5-8H,4H2,1-3H3. The number of pyridine rings is 1. The minimum Gasteiger partial charge on any atom is -0.323 e. The van der Waals surface area contributed by atoms with Crippen LogP contribution in [0.3, 0.4) is 0 Å². The number of hydrogen-bond acceptors (Lipinski definition) is 4. The lowest BCUT2D eigenvalue weighted by atomic mass is 10.2. The van der Waals surface area contributed by atoms with Crippen molar-refractivity contribution in [3.8, 4) is 11.4 Å². The van der Waals surface area contributed by atoms with Crippen LogP contribution in [-0.2, 0) is 26.4 Å². The average molecular weight is 459 g/mol. The van der Waals surface area contributed by atoms with Crippen LogP contribution in [0, 0.1) is 0 Å². The van der Waals surface area contributed by atoms with Crippen molar-refractivity contribution >= 4 is 34.0 Å². The first-order valence-electron chi connectivity index (χ1n) is 9.02. The third kappa shape index (κ3) is 3.62. The number of benzene rings is 1. The van der Waals surface area contributed by atoms with E-state index in [0.717, 1.165) is 16.8 Å². The highest BCUT2D eigenvalue weighted by Gasteiger charge is 2.37. The van der Waals surface area contributed by atoms with Crippen LogP contribution >= 0.6 is 11.8 Å². The molecule has 0 fully saturated rings. The van der Waals surface area contributed by atoms with Crippen LogP contribution in [0.25, 0.3) is 33.6 Å². The topological polar surface area (TPSA) is 48.5 Å². The van der Waals surface area contributed by atoms with E-state index >= 15 is 0 Å². The Hall–Kier alpha value is -2.76. The fraction of sp³-hybridized carbons (Fsp3) is 0.316. The molecule has 4 aromatic rings. The second kappa shape index (κ2) is 7.14. The van der Waals surface area contributed by atoms with Crippen molar-refractivity contribution < 1.29 is 26.3 Å². The number of halogens is 6. The third-order valence-electron chi connectivity index (χ3n) is 4.81. The van der Waals surface area contributed by atoms with E-state index in [0.29, 0.717) is 27.6 Å². The Kier molecular flexibility index (Phi) is 4.95. The van der Waals surface area contributed by atoms with Gasteiger partial charge in [-0.1, -0.05) is 6.92 Å². The second-order valence-corrected chi connectivity index (χ2v) is 8.13. The van der Waals surface area contributed by atoms with Crippen molar-refractivity contribution in [3.63, 3.8) is 0 Å². The minimum atomic E-state index is -4.62. The van der Waals surface area contributed by atoms with Gasteiger partial charge in [0.2, 0.25) is 5.82 Å². The second-order valence-electron chi connectivity index (χ2n) is 6.82. The molecular formula is C19H15F6N5S. The highest BCUT2D eigenvalue weighted by Crippen LogP contribution is 2.38. The van der Waals surface area contributed by atoms with Crippen molar-refractivity contribution in [2.75, 3.05) is 5.75 Å². The van der Waals surface area contributed by atoms with E-state index in [9.17, 15) is 26.3 Å². The summed E-state index contributed by atoms with van der Waals surface area (Å²) >= 11 is 1.39. The number of hydrogen-bond donors (Lipinski definition) is 0. The molecule has 0 aliphatic rings. The molecule has 0 saturated carbocycles. The van der Waals surface area contributed by atoms with Crippen molar-refractivity contribution in [2.45, 2.75) is 24.2 Å². The number of thioether (sulfide) groups is 1. The van der Waals surface area contributed by atoms with Gasteiger partial charge in [-0.3, -0.25) is 0 Å². The van der Waals surface area contributed by atoms with Crippen molar-refractivity contribution in [3.05, 3.63) is 35.8 Å². The Morgan fingerprint density at radius 2 is 1.61 bits per heavy atom. The molecule has 0 bridgehead atoms. The van der Waals surface area contributed by atoms with Crippen LogP contribution in [0.15, 0.2) is 29.3 Å². The number of alkyl halides is 6. The largest absolute Gasteiger partial charge is 0.449 e. The van der Waals surface area contributed by atoms with E-state index in [1.54, 1.807) is 13.1 Å². The zero-order chi connectivity index (χ0) is 22.7. The van der Waals surface area contributed by atoms with Crippen molar-refractivity contribution in [2.24, 2.45) is 14.1 Å². The molecule has 164 valence electrons. The predicted octanol–water partition coefficient (Wildman–Crippen LogP) is 5.67. The summed E-state index contributed by atoms with van der Waals surface area (Å²) in [6.07, 6.45) is -8.46. The summed E-state index contributed by atoms with van der Waals surface area (Å²) in [7, 11) is 2.88. The normalized spacial score (nSPS) is 12.9. The molecule has 4 rings (SSSR count). The molecular weight excluding hydrogens is 444 g/mol. The third-order valence-corrected chi connectivity index (χ3v) is 5.75. The van der Waals surface area contributed by atoms with E-state index in [1.807, 2.05) is 6.92 Å². The molecule has 0 N–H and O–H groups in total. The van der Waals surface area contributed by atoms with Gasteiger partial charge in [-0.25, -0.2) is 15.0 Å². The van der Waals surface area contributed by atoms with Gasteiger partial charge < -0.3 is 9.13 Å². The maximum absolute atomic E-state index is 13.3. The molecule has 0 unspecified atom stereocenters. The fourth-order valence-corrected chi connectivity index (χ4v) is 4.21. The SMILES string of the molecule is CCSc1cc2c(cc1-c1nc3cc(C(F)(F)F)cnc3n1C)nc(C(F)(F)F)n2C. The average Bonchev–Trinajstić information content (AvgIpc) is 3.18. The first kappa shape index (κ1) is 21.5. The molecule has 0 aliphatic carbocycles. The Morgan fingerprint density at radius 1 is 0.903 bits per heavy atom. The summed E-state index contributed by atoms with van der Waals surface area (Å²) in [5.74, 6) is -0.115. The molecule has 0 saturated heterocycles. The van der Waals surface area contributed by atoms with Gasteiger partial charge in [-0.15, -0.1) is 11.8 Å². The van der Waals surface area contributed by atoms with E-state index in [2.05, 4.69) is 15.0 Å². The monoisotopic (exact) mass is 459 g/mol. The smallest absolute Gasteiger partial charge is 0.323 e. The Morgan fingerprint density at radius 3 is 2.23 bits per heavy atom. The number of aromatic nitrogens is 5. The molecule has 0 aliphatic heterocycles. The van der Waals surface area contributed by atoms with Gasteiger partial charge in [0.1, 0.15) is 11.3 Å². The molecule has 12 heteroatoms. The first-order valence-corrected chi connectivity index (χ1v) is 10.0. The Balaban J connectivity index is 1.97. The molecule has 0 radical (unpaired) electrons. The molecule has 5 nitrogen and oxygen atoms in total. The summed E-state index contributed by atoms with van der Waals surface area (Å²) in [4.78, 5) is 12.6.